The van der Waals surface area contributed by atoms with Crippen LogP contribution in [0.2, 0.25) is 0 Å². The minimum absolute atomic E-state index is 0. The molecule has 0 saturated carbocycles. The molecular weight excluding hydrogens is 511 g/mol. The van der Waals surface area contributed by atoms with Crippen LogP contribution in [0.4, 0.5) is 0 Å². The van der Waals surface area contributed by atoms with Crippen molar-refractivity contribution in [3.05, 3.63) is 54.1 Å². The van der Waals surface area contributed by atoms with Gasteiger partial charge in [0, 0.05) is 52.2 Å². The Morgan fingerprint density at radius 2 is 1.94 bits per heavy atom. The molecule has 176 valence electrons. The summed E-state index contributed by atoms with van der Waals surface area (Å²) in [7, 11) is 1.90. The molecule has 3 unspecified atom stereocenters. The Kier molecular flexibility index (Phi) is 9.40. The fourth-order valence-electron chi connectivity index (χ4n) is 5.16. The van der Waals surface area contributed by atoms with Crippen molar-refractivity contribution in [2.24, 2.45) is 16.8 Å². The van der Waals surface area contributed by atoms with Gasteiger partial charge < -0.3 is 14.8 Å². The second-order valence-electron chi connectivity index (χ2n) is 9.44. The standard InChI is InChI=1S/C25H38N6.HI/c1-20-7-6-12-29(16-20)17-23-9-5-4-8-22(23)15-28-25(26-3)30-13-10-21(2)24(18-30)31-14-11-27-19-31;/h4-5,8-9,11,14,19-21,24H,6-7,10,12-13,15-18H2,1-3H3,(H,26,28);1H. The van der Waals surface area contributed by atoms with Crippen LogP contribution in [-0.4, -0.2) is 58.5 Å². The molecule has 1 aromatic heterocycles. The first-order valence-electron chi connectivity index (χ1n) is 11.9. The van der Waals surface area contributed by atoms with Crippen LogP contribution in [0.25, 0.3) is 0 Å². The maximum Gasteiger partial charge on any atom is 0.193 e. The smallest absolute Gasteiger partial charge is 0.193 e. The average molecular weight is 551 g/mol. The highest BCUT2D eigenvalue weighted by molar-refractivity contribution is 14.0. The predicted octanol–water partition coefficient (Wildman–Crippen LogP) is 4.39. The Bertz CT molecular complexity index is 852. The van der Waals surface area contributed by atoms with Crippen molar-refractivity contribution in [1.29, 1.82) is 0 Å². The molecule has 32 heavy (non-hydrogen) atoms. The van der Waals surface area contributed by atoms with Crippen LogP contribution in [0, 0.1) is 11.8 Å². The molecule has 3 atom stereocenters. The number of piperidine rings is 2. The zero-order chi connectivity index (χ0) is 21.6. The number of nitrogens with zero attached hydrogens (tertiary/aromatic N) is 5. The summed E-state index contributed by atoms with van der Waals surface area (Å²) in [5.41, 5.74) is 2.81. The molecule has 2 aliphatic heterocycles. The number of halogens is 1. The quantitative estimate of drug-likeness (QED) is 0.341. The van der Waals surface area contributed by atoms with Crippen LogP contribution in [0.1, 0.15) is 50.3 Å². The summed E-state index contributed by atoms with van der Waals surface area (Å²) in [6.45, 7) is 11.0. The van der Waals surface area contributed by atoms with Gasteiger partial charge in [-0.2, -0.15) is 0 Å². The summed E-state index contributed by atoms with van der Waals surface area (Å²) in [4.78, 5) is 13.9. The number of nitrogens with one attached hydrogen (secondary N) is 1. The number of aromatic nitrogens is 2. The van der Waals surface area contributed by atoms with Crippen molar-refractivity contribution in [3.63, 3.8) is 0 Å². The van der Waals surface area contributed by atoms with Gasteiger partial charge in [-0.25, -0.2) is 4.98 Å². The second kappa shape index (κ2) is 12.0. The highest BCUT2D eigenvalue weighted by Crippen LogP contribution is 2.27. The summed E-state index contributed by atoms with van der Waals surface area (Å²) in [6.07, 6.45) is 9.74. The summed E-state index contributed by atoms with van der Waals surface area (Å²) in [5.74, 6) is 2.44. The number of hydrogen-bond donors (Lipinski definition) is 1. The van der Waals surface area contributed by atoms with Crippen LogP contribution in [0.3, 0.4) is 0 Å². The SMILES string of the molecule is CN=C(NCc1ccccc1CN1CCCC(C)C1)N1CCC(C)C(n2ccnc2)C1.I. The van der Waals surface area contributed by atoms with Gasteiger partial charge in [0.15, 0.2) is 5.96 Å². The predicted molar refractivity (Wildman–Crippen MR) is 142 cm³/mol. The normalized spacial score (nSPS) is 24.8. The Morgan fingerprint density at radius 3 is 2.66 bits per heavy atom. The molecule has 6 nitrogen and oxygen atoms in total. The molecular formula is C25H39IN6. The first-order valence-corrected chi connectivity index (χ1v) is 11.9. The van der Waals surface area contributed by atoms with Gasteiger partial charge in [0.1, 0.15) is 0 Å². The van der Waals surface area contributed by atoms with Crippen LogP contribution in [0.5, 0.6) is 0 Å². The highest BCUT2D eigenvalue weighted by atomic mass is 127. The fraction of sp³-hybridized carbons (Fsp3) is 0.600. The third-order valence-corrected chi connectivity index (χ3v) is 7.03. The molecule has 0 spiro atoms. The zero-order valence-corrected chi connectivity index (χ0v) is 22.1. The number of imidazole rings is 1. The Morgan fingerprint density at radius 1 is 1.12 bits per heavy atom. The summed E-state index contributed by atoms with van der Waals surface area (Å²) < 4.78 is 2.25. The summed E-state index contributed by atoms with van der Waals surface area (Å²) in [6, 6.07) is 9.30. The van der Waals surface area contributed by atoms with Crippen LogP contribution in [0.15, 0.2) is 48.0 Å². The van der Waals surface area contributed by atoms with Gasteiger partial charge in [0.2, 0.25) is 0 Å². The third kappa shape index (κ3) is 6.25. The number of aliphatic imine (C=N–C) groups is 1. The van der Waals surface area contributed by atoms with Crippen molar-refractivity contribution in [2.75, 3.05) is 33.2 Å². The highest BCUT2D eigenvalue weighted by Gasteiger charge is 2.29. The number of likely N-dealkylation sites (tertiary alicyclic amines) is 2. The van der Waals surface area contributed by atoms with Gasteiger partial charge in [-0.1, -0.05) is 38.1 Å². The maximum absolute atomic E-state index is 4.62. The molecule has 2 saturated heterocycles. The van der Waals surface area contributed by atoms with E-state index in [1.807, 2.05) is 19.6 Å². The molecule has 7 heteroatoms. The van der Waals surface area contributed by atoms with Crippen molar-refractivity contribution in [2.45, 2.75) is 52.2 Å². The molecule has 1 N–H and O–H groups in total. The van der Waals surface area contributed by atoms with Crippen molar-refractivity contribution >= 4 is 29.9 Å². The Balaban J connectivity index is 0.00000289. The molecule has 0 bridgehead atoms. The van der Waals surface area contributed by atoms with E-state index < -0.39 is 0 Å². The molecule has 0 amide bonds. The molecule has 2 fully saturated rings. The van der Waals surface area contributed by atoms with E-state index in [0.29, 0.717) is 12.0 Å². The van der Waals surface area contributed by atoms with Gasteiger partial charge in [0.05, 0.1) is 12.4 Å². The van der Waals surface area contributed by atoms with Crippen LogP contribution < -0.4 is 5.32 Å². The Hall–Kier alpha value is -1.61. The van der Waals surface area contributed by atoms with Crippen LogP contribution >= 0.6 is 24.0 Å². The topological polar surface area (TPSA) is 48.7 Å². The number of hydrogen-bond acceptors (Lipinski definition) is 3. The fourth-order valence-corrected chi connectivity index (χ4v) is 5.16. The zero-order valence-electron chi connectivity index (χ0n) is 19.8. The van der Waals surface area contributed by atoms with Gasteiger partial charge in [-0.15, -0.1) is 24.0 Å². The van der Waals surface area contributed by atoms with E-state index in [1.54, 1.807) is 0 Å². The monoisotopic (exact) mass is 550 g/mol. The van der Waals surface area contributed by atoms with E-state index in [4.69, 9.17) is 0 Å². The van der Waals surface area contributed by atoms with E-state index in [9.17, 15) is 0 Å². The molecule has 0 radical (unpaired) electrons. The van der Waals surface area contributed by atoms with E-state index in [2.05, 4.69) is 74.0 Å². The van der Waals surface area contributed by atoms with E-state index in [0.717, 1.165) is 44.5 Å². The lowest BCUT2D eigenvalue weighted by molar-refractivity contribution is 0.176. The number of guanidine groups is 1. The molecule has 0 aliphatic carbocycles. The van der Waals surface area contributed by atoms with Gasteiger partial charge >= 0.3 is 0 Å². The van der Waals surface area contributed by atoms with Crippen molar-refractivity contribution < 1.29 is 0 Å². The minimum atomic E-state index is 0. The lowest BCUT2D eigenvalue weighted by atomic mass is 9.93. The van der Waals surface area contributed by atoms with Gasteiger partial charge in [-0.3, -0.25) is 9.89 Å². The summed E-state index contributed by atoms with van der Waals surface area (Å²) >= 11 is 0. The number of benzene rings is 1. The van der Waals surface area contributed by atoms with E-state index >= 15 is 0 Å². The first-order chi connectivity index (χ1) is 15.1. The lowest BCUT2D eigenvalue weighted by Crippen LogP contribution is -2.48. The second-order valence-corrected chi connectivity index (χ2v) is 9.44. The van der Waals surface area contributed by atoms with Gasteiger partial charge in [0.25, 0.3) is 0 Å². The lowest BCUT2D eigenvalue weighted by Gasteiger charge is -2.39. The molecule has 4 rings (SSSR count). The summed E-state index contributed by atoms with van der Waals surface area (Å²) in [5, 5.41) is 3.66. The number of rotatable bonds is 5. The largest absolute Gasteiger partial charge is 0.352 e. The molecule has 2 aromatic rings. The first kappa shape index (κ1) is 25.0. The van der Waals surface area contributed by atoms with Gasteiger partial charge in [-0.05, 0) is 48.8 Å². The molecule has 1 aromatic carbocycles. The molecule has 2 aliphatic rings. The Labute approximate surface area is 210 Å². The van der Waals surface area contributed by atoms with Crippen molar-refractivity contribution in [1.82, 2.24) is 24.7 Å². The van der Waals surface area contributed by atoms with Crippen molar-refractivity contribution in [3.8, 4) is 0 Å². The maximum atomic E-state index is 4.62. The minimum Gasteiger partial charge on any atom is -0.352 e. The third-order valence-electron chi connectivity index (χ3n) is 7.03. The van der Waals surface area contributed by atoms with E-state index in [1.165, 1.54) is 37.1 Å². The van der Waals surface area contributed by atoms with E-state index in [-0.39, 0.29) is 24.0 Å². The average Bonchev–Trinajstić information content (AvgIpc) is 3.31. The molecule has 3 heterocycles. The van der Waals surface area contributed by atoms with Crippen LogP contribution in [-0.2, 0) is 13.1 Å².